The van der Waals surface area contributed by atoms with E-state index in [0.29, 0.717) is 23.7 Å². The third kappa shape index (κ3) is 2.17. The Balaban J connectivity index is 1.70. The Morgan fingerprint density at radius 1 is 1.25 bits per heavy atom. The molecule has 2 fully saturated rings. The van der Waals surface area contributed by atoms with Crippen LogP contribution in [0.2, 0.25) is 0 Å². The van der Waals surface area contributed by atoms with Gasteiger partial charge in [0.1, 0.15) is 0 Å². The van der Waals surface area contributed by atoms with Gasteiger partial charge in [0.25, 0.3) is 0 Å². The van der Waals surface area contributed by atoms with Gasteiger partial charge in [0.2, 0.25) is 0 Å². The van der Waals surface area contributed by atoms with Crippen LogP contribution in [0, 0.1) is 29.1 Å². The van der Waals surface area contributed by atoms with Crippen LogP contribution in [-0.4, -0.2) is 21.8 Å². The van der Waals surface area contributed by atoms with E-state index in [4.69, 9.17) is 0 Å². The minimum absolute atomic E-state index is 0.0159. The molecule has 0 radical (unpaired) electrons. The normalized spacial score (nSPS) is 46.5. The highest BCUT2D eigenvalue weighted by molar-refractivity contribution is 5.71. The lowest BCUT2D eigenvalue weighted by Crippen LogP contribution is -2.50. The summed E-state index contributed by atoms with van der Waals surface area (Å²) in [6, 6.07) is 0. The van der Waals surface area contributed by atoms with Gasteiger partial charge in [0, 0.05) is 5.92 Å². The highest BCUT2D eigenvalue weighted by atomic mass is 16.4. The first kappa shape index (κ1) is 16.1. The number of fused-ring (bicyclic) bond motifs is 5. The third-order valence-electron chi connectivity index (χ3n) is 7.75. The van der Waals surface area contributed by atoms with Crippen molar-refractivity contribution in [3.8, 4) is 0 Å². The van der Waals surface area contributed by atoms with Crippen LogP contribution in [0.25, 0.3) is 0 Å². The Kier molecular flexibility index (Phi) is 3.58. The lowest BCUT2D eigenvalue weighted by atomic mass is 9.52. The Hall–Kier alpha value is -1.35. The molecule has 4 aliphatic carbocycles. The Bertz CT molecular complexity index is 654. The number of carbonyl (C=O) groups is 1. The van der Waals surface area contributed by atoms with Gasteiger partial charge < -0.3 is 10.2 Å². The lowest BCUT2D eigenvalue weighted by Gasteiger charge is -2.53. The van der Waals surface area contributed by atoms with Gasteiger partial charge in [-0.25, -0.2) is 0 Å². The predicted molar refractivity (Wildman–Crippen MR) is 93.3 cm³/mol. The highest BCUT2D eigenvalue weighted by Crippen LogP contribution is 2.63. The average Bonchev–Trinajstić information content (AvgIpc) is 2.77. The maximum absolute atomic E-state index is 11.2. The van der Waals surface area contributed by atoms with E-state index in [2.05, 4.69) is 31.2 Å². The number of hydrogen-bond acceptors (Lipinski definition) is 2. The van der Waals surface area contributed by atoms with Crippen LogP contribution in [0.1, 0.15) is 52.4 Å². The summed E-state index contributed by atoms with van der Waals surface area (Å²) < 4.78 is 0. The van der Waals surface area contributed by atoms with Crippen LogP contribution in [0.4, 0.5) is 0 Å². The molecule has 6 atom stereocenters. The second-order valence-corrected chi connectivity index (χ2v) is 8.76. The van der Waals surface area contributed by atoms with Crippen LogP contribution in [0.15, 0.2) is 35.5 Å². The zero-order valence-corrected chi connectivity index (χ0v) is 14.7. The third-order valence-corrected chi connectivity index (χ3v) is 7.75. The summed E-state index contributed by atoms with van der Waals surface area (Å²) in [5.74, 6) is 1.27. The standard InChI is InChI=1S/C21H28O3/c1-20-10-8-16-15-5-3-4-13(12-19(22)23)14(15)6-7-17(16)18(20)9-11-21(20,2)24/h3,5-7,15-18,24H,4,8-12H2,1-2H3,(H,22,23)/t15-,16+,17+,18-,20-,21-/m0/s1. The zero-order chi connectivity index (χ0) is 17.1. The molecule has 2 saturated carbocycles. The number of aliphatic carboxylic acids is 1. The van der Waals surface area contributed by atoms with Gasteiger partial charge in [-0.1, -0.05) is 36.8 Å². The first-order valence-electron chi connectivity index (χ1n) is 9.34. The smallest absolute Gasteiger partial charge is 0.307 e. The quantitative estimate of drug-likeness (QED) is 0.750. The van der Waals surface area contributed by atoms with Crippen molar-refractivity contribution in [2.24, 2.45) is 29.1 Å². The molecule has 3 heteroatoms. The molecule has 24 heavy (non-hydrogen) atoms. The number of carboxylic acid groups (broad SMARTS) is 1. The van der Waals surface area contributed by atoms with Crippen LogP contribution in [0.3, 0.4) is 0 Å². The number of rotatable bonds is 2. The topological polar surface area (TPSA) is 57.5 Å². The second kappa shape index (κ2) is 5.32. The Morgan fingerprint density at radius 3 is 2.79 bits per heavy atom. The van der Waals surface area contributed by atoms with Crippen molar-refractivity contribution >= 4 is 5.97 Å². The summed E-state index contributed by atoms with van der Waals surface area (Å²) >= 11 is 0. The van der Waals surface area contributed by atoms with E-state index in [-0.39, 0.29) is 11.8 Å². The molecule has 0 aromatic rings. The van der Waals surface area contributed by atoms with Crippen molar-refractivity contribution in [2.45, 2.75) is 58.0 Å². The van der Waals surface area contributed by atoms with Gasteiger partial charge in [-0.05, 0) is 67.8 Å². The fourth-order valence-corrected chi connectivity index (χ4v) is 6.15. The predicted octanol–water partition coefficient (Wildman–Crippen LogP) is 4.10. The van der Waals surface area contributed by atoms with Gasteiger partial charge in [-0.15, -0.1) is 0 Å². The minimum Gasteiger partial charge on any atom is -0.481 e. The van der Waals surface area contributed by atoms with Crippen molar-refractivity contribution < 1.29 is 15.0 Å². The minimum atomic E-state index is -0.731. The van der Waals surface area contributed by atoms with E-state index in [0.717, 1.165) is 37.7 Å². The summed E-state index contributed by atoms with van der Waals surface area (Å²) in [6.45, 7) is 4.31. The summed E-state index contributed by atoms with van der Waals surface area (Å²) in [5.41, 5.74) is 1.80. The molecule has 0 aromatic heterocycles. The van der Waals surface area contributed by atoms with E-state index in [1.54, 1.807) is 0 Å². The second-order valence-electron chi connectivity index (χ2n) is 8.76. The molecule has 0 saturated heterocycles. The van der Waals surface area contributed by atoms with E-state index in [9.17, 15) is 15.0 Å². The van der Waals surface area contributed by atoms with E-state index < -0.39 is 11.6 Å². The van der Waals surface area contributed by atoms with Crippen LogP contribution in [0.5, 0.6) is 0 Å². The van der Waals surface area contributed by atoms with E-state index in [1.807, 2.05) is 6.92 Å². The van der Waals surface area contributed by atoms with Gasteiger partial charge in [-0.2, -0.15) is 0 Å². The summed E-state index contributed by atoms with van der Waals surface area (Å²) in [4.78, 5) is 11.2. The number of aliphatic hydroxyl groups is 1. The SMILES string of the molecule is C[C@]1(O)CC[C@H]2[C@@H]3C=CC4=C(CC(=O)O)CC=C[C@@H]4[C@H]3CC[C@@]21C. The fraction of sp³-hybridized carbons (Fsp3) is 0.667. The molecule has 0 spiro atoms. The monoisotopic (exact) mass is 328 g/mol. The molecule has 0 bridgehead atoms. The average molecular weight is 328 g/mol. The molecular formula is C21H28O3. The molecule has 4 rings (SSSR count). The molecule has 0 amide bonds. The van der Waals surface area contributed by atoms with Gasteiger partial charge in [0.15, 0.2) is 0 Å². The van der Waals surface area contributed by atoms with E-state index in [1.165, 1.54) is 5.57 Å². The molecule has 3 nitrogen and oxygen atoms in total. The fourth-order valence-electron chi connectivity index (χ4n) is 6.15. The molecule has 130 valence electrons. The summed E-state index contributed by atoms with van der Waals surface area (Å²) in [6.07, 6.45) is 14.2. The van der Waals surface area contributed by atoms with Gasteiger partial charge in [-0.3, -0.25) is 4.79 Å². The summed E-state index contributed by atoms with van der Waals surface area (Å²) in [7, 11) is 0. The first-order valence-corrected chi connectivity index (χ1v) is 9.34. The van der Waals surface area contributed by atoms with Crippen LogP contribution < -0.4 is 0 Å². The maximum Gasteiger partial charge on any atom is 0.307 e. The van der Waals surface area contributed by atoms with Gasteiger partial charge in [0.05, 0.1) is 12.0 Å². The van der Waals surface area contributed by atoms with Crippen LogP contribution in [-0.2, 0) is 4.79 Å². The molecule has 0 heterocycles. The molecule has 4 aliphatic rings. The summed E-state index contributed by atoms with van der Waals surface area (Å²) in [5, 5.41) is 20.1. The zero-order valence-electron chi connectivity index (χ0n) is 14.7. The van der Waals surface area contributed by atoms with Crippen molar-refractivity contribution in [1.29, 1.82) is 0 Å². The van der Waals surface area contributed by atoms with Crippen molar-refractivity contribution in [3.05, 3.63) is 35.5 Å². The molecular weight excluding hydrogens is 300 g/mol. The van der Waals surface area contributed by atoms with E-state index >= 15 is 0 Å². The van der Waals surface area contributed by atoms with Crippen molar-refractivity contribution in [2.75, 3.05) is 0 Å². The molecule has 0 aromatic carbocycles. The van der Waals surface area contributed by atoms with Crippen molar-refractivity contribution in [1.82, 2.24) is 0 Å². The lowest BCUT2D eigenvalue weighted by molar-refractivity contribution is -0.136. The number of allylic oxidation sites excluding steroid dienone is 5. The first-order chi connectivity index (χ1) is 11.3. The molecule has 0 aliphatic heterocycles. The van der Waals surface area contributed by atoms with Gasteiger partial charge >= 0.3 is 5.97 Å². The number of hydrogen-bond donors (Lipinski definition) is 2. The van der Waals surface area contributed by atoms with Crippen molar-refractivity contribution in [3.63, 3.8) is 0 Å². The maximum atomic E-state index is 11.2. The largest absolute Gasteiger partial charge is 0.481 e. The molecule has 0 unspecified atom stereocenters. The molecule has 2 N–H and O–H groups in total. The Morgan fingerprint density at radius 2 is 2.04 bits per heavy atom. The Labute approximate surface area is 144 Å². The van der Waals surface area contributed by atoms with Crippen LogP contribution >= 0.6 is 0 Å². The highest BCUT2D eigenvalue weighted by Gasteiger charge is 2.59. The number of carboxylic acids is 1.